The molecule has 1 heterocycles. The molecule has 0 atom stereocenters. The van der Waals surface area contributed by atoms with E-state index < -0.39 is 0 Å². The van der Waals surface area contributed by atoms with Crippen molar-refractivity contribution in [1.82, 2.24) is 9.88 Å². The molecule has 0 fully saturated rings. The first-order valence-electron chi connectivity index (χ1n) is 7.42. The lowest BCUT2D eigenvalue weighted by atomic mass is 9.88. The van der Waals surface area contributed by atoms with E-state index in [0.29, 0.717) is 18.2 Å². The quantitative estimate of drug-likeness (QED) is 0.807. The number of hydrogen-bond acceptors (Lipinski definition) is 4. The summed E-state index contributed by atoms with van der Waals surface area (Å²) in [6.45, 7) is 12.9. The number of rotatable bonds is 6. The second kappa shape index (κ2) is 7.53. The van der Waals surface area contributed by atoms with E-state index in [2.05, 4.69) is 50.6 Å². The van der Waals surface area contributed by atoms with E-state index in [9.17, 15) is 5.26 Å². The summed E-state index contributed by atoms with van der Waals surface area (Å²) in [5, 5.41) is 9.37. The van der Waals surface area contributed by atoms with Crippen molar-refractivity contribution in [2.75, 3.05) is 20.3 Å². The van der Waals surface area contributed by atoms with Crippen LogP contribution in [0.5, 0.6) is 0 Å². The lowest BCUT2D eigenvalue weighted by Gasteiger charge is -2.26. The fourth-order valence-electron chi connectivity index (χ4n) is 2.24. The summed E-state index contributed by atoms with van der Waals surface area (Å²) >= 11 is 0. The Labute approximate surface area is 128 Å². The van der Waals surface area contributed by atoms with Crippen LogP contribution in [0.3, 0.4) is 0 Å². The molecule has 0 saturated heterocycles. The third kappa shape index (κ3) is 5.11. The zero-order valence-electron chi connectivity index (χ0n) is 14.1. The molecule has 0 aliphatic rings. The molecule has 0 unspecified atom stereocenters. The van der Waals surface area contributed by atoms with Crippen molar-refractivity contribution in [3.63, 3.8) is 0 Å². The summed E-state index contributed by atoms with van der Waals surface area (Å²) in [6.07, 6.45) is 1.89. The topological polar surface area (TPSA) is 49.1 Å². The van der Waals surface area contributed by atoms with E-state index >= 15 is 0 Å². The van der Waals surface area contributed by atoms with Crippen molar-refractivity contribution in [2.45, 2.75) is 52.6 Å². The summed E-state index contributed by atoms with van der Waals surface area (Å²) < 4.78 is 5.16. The molecule has 4 heteroatoms. The molecular weight excluding hydrogens is 262 g/mol. The van der Waals surface area contributed by atoms with E-state index in [1.54, 1.807) is 7.11 Å². The normalized spacial score (nSPS) is 12.0. The summed E-state index contributed by atoms with van der Waals surface area (Å²) in [5.41, 5.74) is 2.50. The van der Waals surface area contributed by atoms with E-state index in [1.807, 2.05) is 12.3 Å². The molecule has 1 aromatic heterocycles. The van der Waals surface area contributed by atoms with Gasteiger partial charge in [0.15, 0.2) is 0 Å². The molecule has 1 rings (SSSR count). The fourth-order valence-corrected chi connectivity index (χ4v) is 2.24. The molecular formula is C17H27N3O. The highest BCUT2D eigenvalue weighted by molar-refractivity contribution is 5.39. The second-order valence-electron chi connectivity index (χ2n) is 6.66. The molecule has 1 aromatic rings. The van der Waals surface area contributed by atoms with Gasteiger partial charge >= 0.3 is 0 Å². The molecule has 0 bridgehead atoms. The summed E-state index contributed by atoms with van der Waals surface area (Å²) in [5.74, 6) is 0. The maximum atomic E-state index is 9.37. The number of pyridine rings is 1. The molecule has 0 amide bonds. The van der Waals surface area contributed by atoms with Gasteiger partial charge in [0.1, 0.15) is 6.07 Å². The maximum absolute atomic E-state index is 9.37. The second-order valence-corrected chi connectivity index (χ2v) is 6.66. The molecule has 0 aliphatic carbocycles. The van der Waals surface area contributed by atoms with Crippen LogP contribution in [0.15, 0.2) is 12.3 Å². The van der Waals surface area contributed by atoms with Crippen LogP contribution in [0.2, 0.25) is 0 Å². The van der Waals surface area contributed by atoms with Crippen LogP contribution in [-0.4, -0.2) is 36.2 Å². The molecule has 0 saturated carbocycles. The van der Waals surface area contributed by atoms with Crippen molar-refractivity contribution >= 4 is 0 Å². The van der Waals surface area contributed by atoms with Crippen LogP contribution < -0.4 is 0 Å². The minimum atomic E-state index is -0.114. The smallest absolute Gasteiger partial charge is 0.101 e. The molecule has 0 N–H and O–H groups in total. The molecule has 0 aromatic carbocycles. The highest BCUT2D eigenvalue weighted by atomic mass is 16.5. The first-order chi connectivity index (χ1) is 9.79. The van der Waals surface area contributed by atoms with Crippen molar-refractivity contribution in [1.29, 1.82) is 5.26 Å². The highest BCUT2D eigenvalue weighted by Crippen LogP contribution is 2.24. The van der Waals surface area contributed by atoms with Crippen LogP contribution in [0, 0.1) is 11.3 Å². The summed E-state index contributed by atoms with van der Waals surface area (Å²) in [6, 6.07) is 4.67. The average Bonchev–Trinajstić information content (AvgIpc) is 2.41. The molecule has 0 spiro atoms. The minimum Gasteiger partial charge on any atom is -0.383 e. The third-order valence-electron chi connectivity index (χ3n) is 3.47. The molecule has 0 radical (unpaired) electrons. The summed E-state index contributed by atoms with van der Waals surface area (Å²) in [4.78, 5) is 6.85. The summed E-state index contributed by atoms with van der Waals surface area (Å²) in [7, 11) is 1.71. The van der Waals surface area contributed by atoms with E-state index in [0.717, 1.165) is 24.3 Å². The number of methoxy groups -OCH3 is 1. The van der Waals surface area contributed by atoms with Crippen LogP contribution in [0.4, 0.5) is 0 Å². The monoisotopic (exact) mass is 289 g/mol. The van der Waals surface area contributed by atoms with Gasteiger partial charge in [0.2, 0.25) is 0 Å². The molecule has 4 nitrogen and oxygen atoms in total. The predicted molar refractivity (Wildman–Crippen MR) is 85.1 cm³/mol. The Morgan fingerprint density at radius 3 is 2.52 bits per heavy atom. The fraction of sp³-hybridized carbons (Fsp3) is 0.647. The number of aromatic nitrogens is 1. The zero-order valence-corrected chi connectivity index (χ0v) is 14.1. The van der Waals surface area contributed by atoms with Gasteiger partial charge in [0.05, 0.1) is 17.9 Å². The highest BCUT2D eigenvalue weighted by Gasteiger charge is 2.20. The van der Waals surface area contributed by atoms with Gasteiger partial charge in [-0.3, -0.25) is 9.88 Å². The first-order valence-corrected chi connectivity index (χ1v) is 7.42. The lowest BCUT2D eigenvalue weighted by molar-refractivity contribution is 0.125. The van der Waals surface area contributed by atoms with E-state index in [4.69, 9.17) is 4.74 Å². The van der Waals surface area contributed by atoms with Gasteiger partial charge in [0, 0.05) is 37.9 Å². The number of nitriles is 1. The minimum absolute atomic E-state index is 0.114. The Morgan fingerprint density at radius 2 is 2.05 bits per heavy atom. The molecule has 116 valence electrons. The number of ether oxygens (including phenoxy) is 1. The van der Waals surface area contributed by atoms with Gasteiger partial charge in [-0.15, -0.1) is 0 Å². The Kier molecular flexibility index (Phi) is 6.32. The number of hydrogen-bond donors (Lipinski definition) is 0. The largest absolute Gasteiger partial charge is 0.383 e. The van der Waals surface area contributed by atoms with Crippen molar-refractivity contribution < 1.29 is 4.74 Å². The van der Waals surface area contributed by atoms with Crippen LogP contribution >= 0.6 is 0 Å². The Balaban J connectivity index is 2.97. The van der Waals surface area contributed by atoms with E-state index in [1.165, 1.54) is 0 Å². The Morgan fingerprint density at radius 1 is 1.38 bits per heavy atom. The van der Waals surface area contributed by atoms with Crippen molar-refractivity contribution in [3.8, 4) is 6.07 Å². The van der Waals surface area contributed by atoms with Gasteiger partial charge in [0.25, 0.3) is 0 Å². The van der Waals surface area contributed by atoms with Crippen LogP contribution in [0.25, 0.3) is 0 Å². The maximum Gasteiger partial charge on any atom is 0.101 e. The van der Waals surface area contributed by atoms with Gasteiger partial charge in [-0.25, -0.2) is 0 Å². The zero-order chi connectivity index (χ0) is 16.0. The lowest BCUT2D eigenvalue weighted by Crippen LogP contribution is -2.33. The van der Waals surface area contributed by atoms with E-state index in [-0.39, 0.29) is 5.41 Å². The predicted octanol–water partition coefficient (Wildman–Crippen LogP) is 3.11. The Hall–Kier alpha value is -1.44. The van der Waals surface area contributed by atoms with Gasteiger partial charge in [-0.05, 0) is 25.5 Å². The number of nitrogens with zero attached hydrogens (tertiary/aromatic N) is 3. The van der Waals surface area contributed by atoms with Crippen LogP contribution in [0.1, 0.15) is 51.4 Å². The Bertz CT molecular complexity index is 498. The SMILES string of the molecule is COCCN(Cc1cnc(C(C)(C)C)c(C#N)c1)C(C)C. The van der Waals surface area contributed by atoms with Gasteiger partial charge in [-0.1, -0.05) is 20.8 Å². The van der Waals surface area contributed by atoms with Gasteiger partial charge in [-0.2, -0.15) is 5.26 Å². The third-order valence-corrected chi connectivity index (χ3v) is 3.47. The first kappa shape index (κ1) is 17.6. The van der Waals surface area contributed by atoms with Crippen LogP contribution in [-0.2, 0) is 16.7 Å². The van der Waals surface area contributed by atoms with Crippen molar-refractivity contribution in [2.24, 2.45) is 0 Å². The average molecular weight is 289 g/mol. The molecule has 21 heavy (non-hydrogen) atoms. The van der Waals surface area contributed by atoms with Crippen molar-refractivity contribution in [3.05, 3.63) is 29.1 Å². The molecule has 0 aliphatic heterocycles. The standard InChI is InChI=1S/C17H27N3O/c1-13(2)20(7-8-21-6)12-14-9-15(10-18)16(19-11-14)17(3,4)5/h9,11,13H,7-8,12H2,1-6H3. The van der Waals surface area contributed by atoms with Gasteiger partial charge < -0.3 is 4.74 Å².